The molecule has 0 bridgehead atoms. The molecule has 0 aliphatic carbocycles. The summed E-state index contributed by atoms with van der Waals surface area (Å²) in [6, 6.07) is 1.72. The zero-order chi connectivity index (χ0) is 12.1. The van der Waals surface area contributed by atoms with Crippen molar-refractivity contribution in [1.82, 2.24) is 14.9 Å². The van der Waals surface area contributed by atoms with Crippen molar-refractivity contribution in [2.75, 3.05) is 13.1 Å². The number of likely N-dealkylation sites (tertiary alicyclic amines) is 1. The largest absolute Gasteiger partial charge is 0.472 e. The highest BCUT2D eigenvalue weighted by molar-refractivity contribution is 5.87. The number of carbonyl (C=O) groups is 1. The Labute approximate surface area is 100 Å². The summed E-state index contributed by atoms with van der Waals surface area (Å²) in [5.41, 5.74) is 0. The zero-order valence-corrected chi connectivity index (χ0v) is 9.74. The first kappa shape index (κ1) is 11.6. The van der Waals surface area contributed by atoms with Crippen LogP contribution in [0.2, 0.25) is 0 Å². The Morgan fingerprint density at radius 2 is 2.53 bits per heavy atom. The molecule has 1 unspecified atom stereocenters. The van der Waals surface area contributed by atoms with E-state index in [4.69, 9.17) is 4.74 Å². The van der Waals surface area contributed by atoms with Gasteiger partial charge in [-0.25, -0.2) is 9.97 Å². The quantitative estimate of drug-likeness (QED) is 0.732. The zero-order valence-electron chi connectivity index (χ0n) is 9.74. The second-order valence-electron chi connectivity index (χ2n) is 3.86. The molecule has 2 heterocycles. The maximum Gasteiger partial charge on any atom is 0.246 e. The van der Waals surface area contributed by atoms with Crippen molar-refractivity contribution in [2.24, 2.45) is 0 Å². The molecule has 1 aromatic rings. The van der Waals surface area contributed by atoms with E-state index in [1.165, 1.54) is 6.33 Å². The lowest BCUT2D eigenvalue weighted by molar-refractivity contribution is -0.125. The minimum absolute atomic E-state index is 0.0270. The minimum Gasteiger partial charge on any atom is -0.472 e. The molecule has 1 aromatic heterocycles. The number of nitrogens with zero attached hydrogens (tertiary/aromatic N) is 3. The predicted molar refractivity (Wildman–Crippen MR) is 62.5 cm³/mol. The third-order valence-corrected chi connectivity index (χ3v) is 2.61. The molecule has 0 N–H and O–H groups in total. The molecule has 1 fully saturated rings. The lowest BCUT2D eigenvalue weighted by Gasteiger charge is -2.14. The lowest BCUT2D eigenvalue weighted by atomic mass is 10.3. The Balaban J connectivity index is 1.88. The number of amides is 1. The van der Waals surface area contributed by atoms with E-state index in [-0.39, 0.29) is 12.0 Å². The van der Waals surface area contributed by atoms with Crippen LogP contribution in [-0.4, -0.2) is 40.0 Å². The van der Waals surface area contributed by atoms with Crippen LogP contribution in [0.25, 0.3) is 0 Å². The van der Waals surface area contributed by atoms with Crippen LogP contribution in [0.5, 0.6) is 5.88 Å². The normalized spacial score (nSPS) is 19.8. The Bertz CT molecular complexity index is 405. The highest BCUT2D eigenvalue weighted by Gasteiger charge is 2.26. The van der Waals surface area contributed by atoms with Gasteiger partial charge in [-0.05, 0) is 13.0 Å². The van der Waals surface area contributed by atoms with E-state index in [1.54, 1.807) is 29.3 Å². The average Bonchev–Trinajstić information content (AvgIpc) is 2.79. The summed E-state index contributed by atoms with van der Waals surface area (Å²) in [5.74, 6) is 0.603. The van der Waals surface area contributed by atoms with E-state index in [2.05, 4.69) is 9.97 Å². The predicted octanol–water partition coefficient (Wildman–Crippen LogP) is 1.03. The number of allylic oxidation sites excluding steroid dienone is 1. The maximum absolute atomic E-state index is 11.6. The van der Waals surface area contributed by atoms with E-state index in [1.807, 2.05) is 6.92 Å². The lowest BCUT2D eigenvalue weighted by Crippen LogP contribution is -2.29. The number of carbonyl (C=O) groups excluding carboxylic acids is 1. The van der Waals surface area contributed by atoms with Gasteiger partial charge in [0.25, 0.3) is 0 Å². The molecule has 2 rings (SSSR count). The molecule has 17 heavy (non-hydrogen) atoms. The second kappa shape index (κ2) is 5.43. The Morgan fingerprint density at radius 3 is 3.24 bits per heavy atom. The summed E-state index contributed by atoms with van der Waals surface area (Å²) in [7, 11) is 0. The second-order valence-corrected chi connectivity index (χ2v) is 3.86. The van der Waals surface area contributed by atoms with Crippen LogP contribution < -0.4 is 4.74 Å². The summed E-state index contributed by atoms with van der Waals surface area (Å²) in [6.07, 6.45) is 7.29. The van der Waals surface area contributed by atoms with Crippen LogP contribution in [0.15, 0.2) is 30.7 Å². The Hall–Kier alpha value is -1.91. The summed E-state index contributed by atoms with van der Waals surface area (Å²) in [6.45, 7) is 3.19. The van der Waals surface area contributed by atoms with Gasteiger partial charge in [0.05, 0.1) is 6.54 Å². The first-order valence-electron chi connectivity index (χ1n) is 5.64. The number of aromatic nitrogens is 2. The van der Waals surface area contributed by atoms with Crippen molar-refractivity contribution < 1.29 is 9.53 Å². The fraction of sp³-hybridized carbons (Fsp3) is 0.417. The third-order valence-electron chi connectivity index (χ3n) is 2.61. The van der Waals surface area contributed by atoms with E-state index >= 15 is 0 Å². The molecular weight excluding hydrogens is 218 g/mol. The molecular formula is C12H15N3O2. The van der Waals surface area contributed by atoms with E-state index in [9.17, 15) is 4.79 Å². The molecule has 5 heteroatoms. The summed E-state index contributed by atoms with van der Waals surface area (Å²) < 4.78 is 5.66. The van der Waals surface area contributed by atoms with Crippen LogP contribution in [0.1, 0.15) is 13.3 Å². The van der Waals surface area contributed by atoms with Crippen LogP contribution >= 0.6 is 0 Å². The summed E-state index contributed by atoms with van der Waals surface area (Å²) >= 11 is 0. The topological polar surface area (TPSA) is 55.3 Å². The molecule has 0 aromatic carbocycles. The molecule has 5 nitrogen and oxygen atoms in total. The van der Waals surface area contributed by atoms with Crippen molar-refractivity contribution in [1.29, 1.82) is 0 Å². The van der Waals surface area contributed by atoms with Crippen molar-refractivity contribution in [3.05, 3.63) is 30.7 Å². The van der Waals surface area contributed by atoms with Crippen LogP contribution in [0.3, 0.4) is 0 Å². The number of hydrogen-bond acceptors (Lipinski definition) is 4. The Kier molecular flexibility index (Phi) is 3.69. The van der Waals surface area contributed by atoms with Crippen LogP contribution in [-0.2, 0) is 4.79 Å². The molecule has 1 aliphatic heterocycles. The molecule has 1 amide bonds. The van der Waals surface area contributed by atoms with Gasteiger partial charge in [0.1, 0.15) is 12.4 Å². The first-order valence-corrected chi connectivity index (χ1v) is 5.64. The van der Waals surface area contributed by atoms with Gasteiger partial charge in [-0.15, -0.1) is 0 Å². The standard InChI is InChI=1S/C12H15N3O2/c1-2-3-12(16)15-7-5-10(8-15)17-11-4-6-13-9-14-11/h2-4,6,9-10H,5,7-8H2,1H3. The SMILES string of the molecule is CC=CC(=O)N1CCC(Oc2ccncn2)C1. The number of hydrogen-bond donors (Lipinski definition) is 0. The van der Waals surface area contributed by atoms with Gasteiger partial charge in [0.2, 0.25) is 11.8 Å². The van der Waals surface area contributed by atoms with E-state index in [0.717, 1.165) is 13.0 Å². The molecule has 0 spiro atoms. The van der Waals surface area contributed by atoms with E-state index in [0.29, 0.717) is 12.4 Å². The van der Waals surface area contributed by atoms with Crippen LogP contribution in [0, 0.1) is 0 Å². The molecule has 0 saturated carbocycles. The molecule has 1 aliphatic rings. The first-order chi connectivity index (χ1) is 8.29. The highest BCUT2D eigenvalue weighted by atomic mass is 16.5. The highest BCUT2D eigenvalue weighted by Crippen LogP contribution is 2.15. The maximum atomic E-state index is 11.6. The number of ether oxygens (including phenoxy) is 1. The van der Waals surface area contributed by atoms with Crippen molar-refractivity contribution in [3.63, 3.8) is 0 Å². The molecule has 0 radical (unpaired) electrons. The van der Waals surface area contributed by atoms with Gasteiger partial charge in [-0.2, -0.15) is 0 Å². The Morgan fingerprint density at radius 1 is 1.65 bits per heavy atom. The number of rotatable bonds is 3. The fourth-order valence-electron chi connectivity index (χ4n) is 1.79. The monoisotopic (exact) mass is 233 g/mol. The van der Waals surface area contributed by atoms with Crippen molar-refractivity contribution >= 4 is 5.91 Å². The average molecular weight is 233 g/mol. The minimum atomic E-state index is 0.0270. The van der Waals surface area contributed by atoms with Gasteiger partial charge < -0.3 is 9.64 Å². The van der Waals surface area contributed by atoms with Crippen molar-refractivity contribution in [3.8, 4) is 5.88 Å². The van der Waals surface area contributed by atoms with Gasteiger partial charge >= 0.3 is 0 Å². The molecule has 90 valence electrons. The molecule has 1 saturated heterocycles. The van der Waals surface area contributed by atoms with Gasteiger partial charge in [0.15, 0.2) is 0 Å². The van der Waals surface area contributed by atoms with Crippen LogP contribution in [0.4, 0.5) is 0 Å². The van der Waals surface area contributed by atoms with E-state index < -0.39 is 0 Å². The van der Waals surface area contributed by atoms with Gasteiger partial charge in [-0.1, -0.05) is 6.08 Å². The van der Waals surface area contributed by atoms with Gasteiger partial charge in [-0.3, -0.25) is 4.79 Å². The van der Waals surface area contributed by atoms with Gasteiger partial charge in [0, 0.05) is 25.2 Å². The smallest absolute Gasteiger partial charge is 0.246 e. The van der Waals surface area contributed by atoms with Crippen molar-refractivity contribution in [2.45, 2.75) is 19.4 Å². The molecule has 1 atom stereocenters. The third kappa shape index (κ3) is 3.03. The fourth-order valence-corrected chi connectivity index (χ4v) is 1.79. The summed E-state index contributed by atoms with van der Waals surface area (Å²) in [5, 5.41) is 0. The summed E-state index contributed by atoms with van der Waals surface area (Å²) in [4.78, 5) is 21.2.